The Hall–Kier alpha value is -1.91. The van der Waals surface area contributed by atoms with Gasteiger partial charge >= 0.3 is 0 Å². The Bertz CT molecular complexity index is 604. The van der Waals surface area contributed by atoms with Crippen LogP contribution < -0.4 is 15.2 Å². The molecule has 0 saturated heterocycles. The molecule has 0 heterocycles. The average Bonchev–Trinajstić information content (AvgIpc) is 2.46. The molecule has 0 aromatic heterocycles. The third kappa shape index (κ3) is 4.85. The summed E-state index contributed by atoms with van der Waals surface area (Å²) in [6.45, 7) is 2.17. The number of anilines is 1. The molecule has 1 unspecified atom stereocenters. The predicted molar refractivity (Wildman–Crippen MR) is 84.0 cm³/mol. The molecule has 0 bridgehead atoms. The Kier molecular flexibility index (Phi) is 5.31. The first-order chi connectivity index (χ1) is 10.0. The van der Waals surface area contributed by atoms with Gasteiger partial charge in [-0.1, -0.05) is 17.7 Å². The van der Waals surface area contributed by atoms with E-state index in [-0.39, 0.29) is 13.2 Å². The zero-order chi connectivity index (χ0) is 15.2. The second-order valence-electron chi connectivity index (χ2n) is 4.76. The third-order valence-corrected chi connectivity index (χ3v) is 3.30. The lowest BCUT2D eigenvalue weighted by molar-refractivity contribution is 0.0626. The highest BCUT2D eigenvalue weighted by Crippen LogP contribution is 2.21. The lowest BCUT2D eigenvalue weighted by Gasteiger charge is -2.14. The maximum absolute atomic E-state index is 9.86. The van der Waals surface area contributed by atoms with Gasteiger partial charge in [0.1, 0.15) is 30.8 Å². The fourth-order valence-corrected chi connectivity index (χ4v) is 1.86. The molecule has 0 spiro atoms. The van der Waals surface area contributed by atoms with E-state index in [0.717, 1.165) is 5.56 Å². The van der Waals surface area contributed by atoms with Crippen LogP contribution in [-0.2, 0) is 0 Å². The van der Waals surface area contributed by atoms with Gasteiger partial charge in [0.15, 0.2) is 0 Å². The Morgan fingerprint density at radius 3 is 2.38 bits per heavy atom. The van der Waals surface area contributed by atoms with Crippen LogP contribution in [0.5, 0.6) is 11.5 Å². The van der Waals surface area contributed by atoms with Gasteiger partial charge in [-0.25, -0.2) is 0 Å². The molecule has 2 aromatic rings. The molecule has 0 fully saturated rings. The van der Waals surface area contributed by atoms with Crippen molar-refractivity contribution in [3.63, 3.8) is 0 Å². The van der Waals surface area contributed by atoms with Crippen molar-refractivity contribution in [2.45, 2.75) is 13.0 Å². The number of aryl methyl sites for hydroxylation is 1. The molecule has 21 heavy (non-hydrogen) atoms. The van der Waals surface area contributed by atoms with Crippen LogP contribution in [0.1, 0.15) is 5.56 Å². The van der Waals surface area contributed by atoms with Crippen molar-refractivity contribution in [3.8, 4) is 11.5 Å². The summed E-state index contributed by atoms with van der Waals surface area (Å²) >= 11 is 5.94. The van der Waals surface area contributed by atoms with Crippen LogP contribution >= 0.6 is 11.6 Å². The average molecular weight is 308 g/mol. The van der Waals surface area contributed by atoms with Crippen molar-refractivity contribution in [3.05, 3.63) is 53.1 Å². The van der Waals surface area contributed by atoms with E-state index in [1.807, 2.05) is 13.0 Å². The Balaban J connectivity index is 1.79. The number of aliphatic hydroxyl groups is 1. The number of rotatable bonds is 6. The maximum atomic E-state index is 9.86. The van der Waals surface area contributed by atoms with Crippen molar-refractivity contribution in [2.75, 3.05) is 18.9 Å². The highest BCUT2D eigenvalue weighted by Gasteiger charge is 2.07. The fourth-order valence-electron chi connectivity index (χ4n) is 1.74. The summed E-state index contributed by atoms with van der Waals surface area (Å²) in [4.78, 5) is 0. The number of benzene rings is 2. The summed E-state index contributed by atoms with van der Waals surface area (Å²) in [6, 6.07) is 12.4. The molecule has 3 N–H and O–H groups in total. The van der Waals surface area contributed by atoms with E-state index in [0.29, 0.717) is 22.2 Å². The van der Waals surface area contributed by atoms with Gasteiger partial charge in [0.25, 0.3) is 0 Å². The van der Waals surface area contributed by atoms with Crippen LogP contribution in [0.15, 0.2) is 42.5 Å². The minimum atomic E-state index is -0.734. The summed E-state index contributed by atoms with van der Waals surface area (Å²) in [5.41, 5.74) is 7.20. The molecule has 1 atom stereocenters. The molecule has 0 aliphatic rings. The normalized spacial score (nSPS) is 12.0. The predicted octanol–water partition coefficient (Wildman–Crippen LogP) is 3.05. The smallest absolute Gasteiger partial charge is 0.122 e. The fraction of sp³-hybridized carbons (Fsp3) is 0.250. The highest BCUT2D eigenvalue weighted by atomic mass is 35.5. The summed E-state index contributed by atoms with van der Waals surface area (Å²) in [5.74, 6) is 1.29. The summed E-state index contributed by atoms with van der Waals surface area (Å²) in [6.07, 6.45) is -0.734. The van der Waals surface area contributed by atoms with E-state index in [9.17, 15) is 5.11 Å². The molecule has 2 aromatic carbocycles. The number of nitrogens with two attached hydrogens (primary N) is 1. The molecule has 0 aliphatic heterocycles. The SMILES string of the molecule is Cc1cc(OCC(O)COc2cccc(N)c2)ccc1Cl. The van der Waals surface area contributed by atoms with E-state index >= 15 is 0 Å². The molecule has 0 amide bonds. The van der Waals surface area contributed by atoms with Crippen molar-refractivity contribution in [1.82, 2.24) is 0 Å². The molecular weight excluding hydrogens is 290 g/mol. The van der Waals surface area contributed by atoms with Gasteiger partial charge in [-0.3, -0.25) is 0 Å². The summed E-state index contributed by atoms with van der Waals surface area (Å²) in [5, 5.41) is 10.5. The number of hydrogen-bond acceptors (Lipinski definition) is 4. The molecule has 2 rings (SSSR count). The number of halogens is 1. The molecule has 112 valence electrons. The van der Waals surface area contributed by atoms with E-state index in [2.05, 4.69) is 0 Å². The van der Waals surface area contributed by atoms with Crippen LogP contribution in [0.3, 0.4) is 0 Å². The van der Waals surface area contributed by atoms with Crippen LogP contribution in [0, 0.1) is 6.92 Å². The maximum Gasteiger partial charge on any atom is 0.122 e. The molecule has 5 heteroatoms. The van der Waals surface area contributed by atoms with Gasteiger partial charge in [-0.05, 0) is 42.8 Å². The van der Waals surface area contributed by atoms with Crippen LogP contribution in [0.25, 0.3) is 0 Å². The molecule has 4 nitrogen and oxygen atoms in total. The van der Waals surface area contributed by atoms with E-state index in [1.54, 1.807) is 36.4 Å². The van der Waals surface area contributed by atoms with Gasteiger partial charge in [0.2, 0.25) is 0 Å². The molecular formula is C16H18ClNO3. The highest BCUT2D eigenvalue weighted by molar-refractivity contribution is 6.31. The van der Waals surface area contributed by atoms with Crippen LogP contribution in [-0.4, -0.2) is 24.4 Å². The first-order valence-electron chi connectivity index (χ1n) is 6.60. The lowest BCUT2D eigenvalue weighted by Crippen LogP contribution is -2.25. The number of aliphatic hydroxyl groups excluding tert-OH is 1. The van der Waals surface area contributed by atoms with Gasteiger partial charge in [0, 0.05) is 16.8 Å². The Morgan fingerprint density at radius 1 is 1.10 bits per heavy atom. The second kappa shape index (κ2) is 7.20. The van der Waals surface area contributed by atoms with Crippen molar-refractivity contribution in [2.24, 2.45) is 0 Å². The largest absolute Gasteiger partial charge is 0.491 e. The van der Waals surface area contributed by atoms with E-state index in [4.69, 9.17) is 26.8 Å². The minimum Gasteiger partial charge on any atom is -0.491 e. The van der Waals surface area contributed by atoms with Gasteiger partial charge in [-0.15, -0.1) is 0 Å². The van der Waals surface area contributed by atoms with E-state index in [1.165, 1.54) is 0 Å². The summed E-state index contributed by atoms with van der Waals surface area (Å²) < 4.78 is 11.0. The van der Waals surface area contributed by atoms with Gasteiger partial charge < -0.3 is 20.3 Å². The minimum absolute atomic E-state index is 0.135. The Labute approximate surface area is 129 Å². The van der Waals surface area contributed by atoms with Crippen LogP contribution in [0.2, 0.25) is 5.02 Å². The van der Waals surface area contributed by atoms with Crippen molar-refractivity contribution < 1.29 is 14.6 Å². The zero-order valence-electron chi connectivity index (χ0n) is 11.8. The summed E-state index contributed by atoms with van der Waals surface area (Å²) in [7, 11) is 0. The van der Waals surface area contributed by atoms with Crippen molar-refractivity contribution >= 4 is 17.3 Å². The number of hydrogen-bond donors (Lipinski definition) is 2. The number of ether oxygens (including phenoxy) is 2. The molecule has 0 radical (unpaired) electrons. The second-order valence-corrected chi connectivity index (χ2v) is 5.17. The molecule has 0 saturated carbocycles. The topological polar surface area (TPSA) is 64.7 Å². The van der Waals surface area contributed by atoms with Crippen molar-refractivity contribution in [1.29, 1.82) is 0 Å². The van der Waals surface area contributed by atoms with Gasteiger partial charge in [0.05, 0.1) is 0 Å². The first-order valence-corrected chi connectivity index (χ1v) is 6.98. The third-order valence-electron chi connectivity index (χ3n) is 2.87. The number of nitrogen functional groups attached to an aromatic ring is 1. The zero-order valence-corrected chi connectivity index (χ0v) is 12.5. The first kappa shape index (κ1) is 15.5. The van der Waals surface area contributed by atoms with Gasteiger partial charge in [-0.2, -0.15) is 0 Å². The van der Waals surface area contributed by atoms with Crippen LogP contribution in [0.4, 0.5) is 5.69 Å². The molecule has 0 aliphatic carbocycles. The van der Waals surface area contributed by atoms with E-state index < -0.39 is 6.10 Å². The monoisotopic (exact) mass is 307 g/mol. The standard InChI is InChI=1S/C16H18ClNO3/c1-11-7-15(5-6-16(11)17)21-10-13(19)9-20-14-4-2-3-12(18)8-14/h2-8,13,19H,9-10,18H2,1H3. The quantitative estimate of drug-likeness (QED) is 0.805. The lowest BCUT2D eigenvalue weighted by atomic mass is 10.2. The Morgan fingerprint density at radius 2 is 1.76 bits per heavy atom.